The number of hydrogen-bond donors (Lipinski definition) is 1. The van der Waals surface area contributed by atoms with Gasteiger partial charge in [0.05, 0.1) is 0 Å². The number of hydrogen-bond acceptors (Lipinski definition) is 3. The summed E-state index contributed by atoms with van der Waals surface area (Å²) >= 11 is 7.61. The lowest BCUT2D eigenvalue weighted by molar-refractivity contribution is 0.263. The topological polar surface area (TPSA) is 21.3 Å². The van der Waals surface area contributed by atoms with Gasteiger partial charge in [0.25, 0.3) is 0 Å². The molecule has 1 aromatic carbocycles. The predicted octanol–water partition coefficient (Wildman–Crippen LogP) is 4.39. The largest absolute Gasteiger partial charge is 0.492 e. The average molecular weight is 310 g/mol. The van der Waals surface area contributed by atoms with Gasteiger partial charge in [-0.25, -0.2) is 0 Å². The van der Waals surface area contributed by atoms with E-state index in [-0.39, 0.29) is 0 Å². The molecule has 1 N–H and O–H groups in total. The normalized spacial score (nSPS) is 12.3. The molecular formula is C16H20ClNOS. The maximum atomic E-state index is 5.87. The van der Waals surface area contributed by atoms with Gasteiger partial charge in [0.2, 0.25) is 0 Å². The van der Waals surface area contributed by atoms with Crippen LogP contribution in [0, 0.1) is 0 Å². The van der Waals surface area contributed by atoms with Crippen molar-refractivity contribution in [2.75, 3.05) is 13.2 Å². The van der Waals surface area contributed by atoms with Crippen molar-refractivity contribution in [2.24, 2.45) is 0 Å². The molecule has 1 unspecified atom stereocenters. The third-order valence-electron chi connectivity index (χ3n) is 3.01. The highest BCUT2D eigenvalue weighted by atomic mass is 35.5. The first-order valence-corrected chi connectivity index (χ1v) is 8.23. The van der Waals surface area contributed by atoms with Gasteiger partial charge in [0.1, 0.15) is 12.4 Å². The molecule has 0 bridgehead atoms. The molecule has 0 aliphatic carbocycles. The molecule has 4 heteroatoms. The van der Waals surface area contributed by atoms with Crippen molar-refractivity contribution in [1.82, 2.24) is 5.32 Å². The number of thiophene rings is 1. The zero-order valence-electron chi connectivity index (χ0n) is 11.6. The summed E-state index contributed by atoms with van der Waals surface area (Å²) in [5.74, 6) is 0.864. The molecule has 0 aliphatic heterocycles. The van der Waals surface area contributed by atoms with E-state index in [0.29, 0.717) is 12.6 Å². The summed E-state index contributed by atoms with van der Waals surface area (Å²) in [4.78, 5) is 0. The van der Waals surface area contributed by atoms with Crippen molar-refractivity contribution < 1.29 is 4.74 Å². The van der Waals surface area contributed by atoms with Crippen molar-refractivity contribution in [3.8, 4) is 5.75 Å². The van der Waals surface area contributed by atoms with Gasteiger partial charge in [-0.1, -0.05) is 18.5 Å². The molecule has 1 atom stereocenters. The van der Waals surface area contributed by atoms with E-state index < -0.39 is 0 Å². The summed E-state index contributed by atoms with van der Waals surface area (Å²) in [6.07, 6.45) is 2.12. The number of rotatable bonds is 8. The Morgan fingerprint density at radius 3 is 2.70 bits per heavy atom. The lowest BCUT2D eigenvalue weighted by Crippen LogP contribution is -2.37. The van der Waals surface area contributed by atoms with E-state index in [0.717, 1.165) is 30.2 Å². The van der Waals surface area contributed by atoms with E-state index >= 15 is 0 Å². The number of nitrogens with one attached hydrogen (secondary N) is 1. The molecule has 0 fully saturated rings. The molecule has 0 radical (unpaired) electrons. The van der Waals surface area contributed by atoms with Crippen LogP contribution in [0.5, 0.6) is 5.75 Å². The Labute approximate surface area is 129 Å². The minimum Gasteiger partial charge on any atom is -0.492 e. The van der Waals surface area contributed by atoms with Crippen LogP contribution in [-0.4, -0.2) is 19.2 Å². The van der Waals surface area contributed by atoms with E-state index in [2.05, 4.69) is 29.1 Å². The molecule has 2 rings (SSSR count). The molecule has 108 valence electrons. The number of ether oxygens (including phenoxy) is 1. The first-order chi connectivity index (χ1) is 9.78. The molecular weight excluding hydrogens is 290 g/mol. The Balaban J connectivity index is 1.87. The molecule has 1 aromatic heterocycles. The van der Waals surface area contributed by atoms with Gasteiger partial charge in [0, 0.05) is 11.1 Å². The van der Waals surface area contributed by atoms with E-state index in [1.54, 1.807) is 11.3 Å². The van der Waals surface area contributed by atoms with Gasteiger partial charge in [-0.3, -0.25) is 0 Å². The van der Waals surface area contributed by atoms with E-state index in [1.165, 1.54) is 5.56 Å². The highest BCUT2D eigenvalue weighted by Crippen LogP contribution is 2.16. The Morgan fingerprint density at radius 1 is 1.25 bits per heavy atom. The van der Waals surface area contributed by atoms with Crippen molar-refractivity contribution in [3.05, 3.63) is 51.7 Å². The maximum Gasteiger partial charge on any atom is 0.119 e. The van der Waals surface area contributed by atoms with E-state index in [9.17, 15) is 0 Å². The lowest BCUT2D eigenvalue weighted by Gasteiger charge is -2.18. The Kier molecular flexibility index (Phi) is 6.37. The summed E-state index contributed by atoms with van der Waals surface area (Å²) in [5, 5.41) is 8.59. The second kappa shape index (κ2) is 8.30. The lowest BCUT2D eigenvalue weighted by atomic mass is 10.1. The van der Waals surface area contributed by atoms with Crippen LogP contribution in [0.15, 0.2) is 41.1 Å². The summed E-state index contributed by atoms with van der Waals surface area (Å²) < 4.78 is 5.85. The van der Waals surface area contributed by atoms with Crippen LogP contribution >= 0.6 is 22.9 Å². The molecule has 2 nitrogen and oxygen atoms in total. The van der Waals surface area contributed by atoms with Crippen molar-refractivity contribution in [3.63, 3.8) is 0 Å². The van der Waals surface area contributed by atoms with Crippen LogP contribution in [0.3, 0.4) is 0 Å². The molecule has 2 aromatic rings. The van der Waals surface area contributed by atoms with Gasteiger partial charge in [-0.15, -0.1) is 0 Å². The van der Waals surface area contributed by atoms with Gasteiger partial charge in [-0.2, -0.15) is 11.3 Å². The van der Waals surface area contributed by atoms with Crippen molar-refractivity contribution in [1.29, 1.82) is 0 Å². The first kappa shape index (κ1) is 15.4. The first-order valence-electron chi connectivity index (χ1n) is 6.90. The third kappa shape index (κ3) is 5.16. The van der Waals surface area contributed by atoms with Gasteiger partial charge >= 0.3 is 0 Å². The highest BCUT2D eigenvalue weighted by Gasteiger charge is 2.10. The van der Waals surface area contributed by atoms with E-state index in [4.69, 9.17) is 16.3 Å². The smallest absolute Gasteiger partial charge is 0.119 e. The van der Waals surface area contributed by atoms with Crippen LogP contribution in [0.2, 0.25) is 5.02 Å². The SMILES string of the molecule is CCCNC(COc1ccc(Cl)cc1)Cc1ccsc1. The predicted molar refractivity (Wildman–Crippen MR) is 87.1 cm³/mol. The molecule has 0 saturated heterocycles. The summed E-state index contributed by atoms with van der Waals surface area (Å²) in [6.45, 7) is 3.85. The molecule has 1 heterocycles. The van der Waals surface area contributed by atoms with Crippen LogP contribution in [-0.2, 0) is 6.42 Å². The molecule has 0 spiro atoms. The van der Waals surface area contributed by atoms with Crippen molar-refractivity contribution >= 4 is 22.9 Å². The minimum atomic E-state index is 0.334. The fraction of sp³-hybridized carbons (Fsp3) is 0.375. The Bertz CT molecular complexity index is 484. The monoisotopic (exact) mass is 309 g/mol. The highest BCUT2D eigenvalue weighted by molar-refractivity contribution is 7.07. The number of halogens is 1. The minimum absolute atomic E-state index is 0.334. The third-order valence-corrected chi connectivity index (χ3v) is 3.99. The maximum absolute atomic E-state index is 5.87. The standard InChI is InChI=1S/C16H20ClNOS/c1-2-8-18-15(10-13-7-9-20-12-13)11-19-16-5-3-14(17)4-6-16/h3-7,9,12,15,18H,2,8,10-11H2,1H3. The van der Waals surface area contributed by atoms with Crippen molar-refractivity contribution in [2.45, 2.75) is 25.8 Å². The molecule has 0 aliphatic rings. The average Bonchev–Trinajstić information content (AvgIpc) is 2.96. The van der Waals surface area contributed by atoms with Crippen LogP contribution in [0.4, 0.5) is 0 Å². The van der Waals surface area contributed by atoms with Gasteiger partial charge < -0.3 is 10.1 Å². The van der Waals surface area contributed by atoms with E-state index in [1.807, 2.05) is 24.3 Å². The summed E-state index contributed by atoms with van der Waals surface area (Å²) in [5.41, 5.74) is 1.36. The summed E-state index contributed by atoms with van der Waals surface area (Å²) in [6, 6.07) is 10.0. The number of benzene rings is 1. The molecule has 0 amide bonds. The fourth-order valence-electron chi connectivity index (χ4n) is 1.96. The Hall–Kier alpha value is -1.03. The summed E-state index contributed by atoms with van der Waals surface area (Å²) in [7, 11) is 0. The fourth-order valence-corrected chi connectivity index (χ4v) is 2.77. The van der Waals surface area contributed by atoms with Gasteiger partial charge in [0.15, 0.2) is 0 Å². The second-order valence-electron chi connectivity index (χ2n) is 4.75. The van der Waals surface area contributed by atoms with Crippen LogP contribution in [0.1, 0.15) is 18.9 Å². The van der Waals surface area contributed by atoms with Gasteiger partial charge in [-0.05, 0) is 66.0 Å². The van der Waals surface area contributed by atoms with Crippen LogP contribution < -0.4 is 10.1 Å². The zero-order valence-corrected chi connectivity index (χ0v) is 13.2. The quantitative estimate of drug-likeness (QED) is 0.781. The molecule has 20 heavy (non-hydrogen) atoms. The molecule has 0 saturated carbocycles. The second-order valence-corrected chi connectivity index (χ2v) is 5.97. The van der Waals surface area contributed by atoms with Crippen LogP contribution in [0.25, 0.3) is 0 Å². The Morgan fingerprint density at radius 2 is 2.05 bits per heavy atom. The zero-order chi connectivity index (χ0) is 14.2.